The van der Waals surface area contributed by atoms with Crippen LogP contribution >= 0.6 is 0 Å². The molecule has 2 N–H and O–H groups in total. The van der Waals surface area contributed by atoms with Crippen LogP contribution in [0.3, 0.4) is 0 Å². The highest BCUT2D eigenvalue weighted by molar-refractivity contribution is 5.68. The fourth-order valence-corrected chi connectivity index (χ4v) is 2.95. The number of ether oxygens (including phenoxy) is 2. The van der Waals surface area contributed by atoms with Crippen molar-refractivity contribution in [3.63, 3.8) is 0 Å². The third kappa shape index (κ3) is 5.53. The second-order valence-electron chi connectivity index (χ2n) is 7.61. The molecule has 1 unspecified atom stereocenters. The van der Waals surface area contributed by atoms with Crippen LogP contribution in [0.15, 0.2) is 12.1 Å². The molecule has 1 heterocycles. The lowest BCUT2D eigenvalue weighted by Gasteiger charge is -2.26. The number of carbonyl (C=O) groups is 1. The maximum absolute atomic E-state index is 12.3. The van der Waals surface area contributed by atoms with Crippen molar-refractivity contribution >= 4 is 11.8 Å². The molecule has 1 aliphatic heterocycles. The highest BCUT2D eigenvalue weighted by atomic mass is 16.6. The minimum atomic E-state index is -0.497. The van der Waals surface area contributed by atoms with E-state index >= 15 is 0 Å². The summed E-state index contributed by atoms with van der Waals surface area (Å²) in [7, 11) is 1.65. The van der Waals surface area contributed by atoms with E-state index in [0.717, 1.165) is 17.5 Å². The maximum atomic E-state index is 12.3. The number of nitrogens with zero attached hydrogens (tertiary/aromatic N) is 1. The third-order valence-corrected chi connectivity index (χ3v) is 4.09. The molecule has 0 spiro atoms. The van der Waals surface area contributed by atoms with Gasteiger partial charge in [-0.3, -0.25) is 0 Å². The molecule has 0 aliphatic carbocycles. The van der Waals surface area contributed by atoms with Crippen LogP contribution in [0.5, 0.6) is 5.75 Å². The second kappa shape index (κ2) is 7.95. The van der Waals surface area contributed by atoms with Gasteiger partial charge in [-0.05, 0) is 63.8 Å². The van der Waals surface area contributed by atoms with Crippen molar-refractivity contribution in [3.8, 4) is 5.75 Å². The quantitative estimate of drug-likeness (QED) is 0.816. The molecule has 0 bridgehead atoms. The van der Waals surface area contributed by atoms with Gasteiger partial charge in [-0.2, -0.15) is 0 Å². The van der Waals surface area contributed by atoms with E-state index in [9.17, 15) is 9.90 Å². The summed E-state index contributed by atoms with van der Waals surface area (Å²) in [6.07, 6.45) is 1.16. The Hall–Kier alpha value is -1.95. The smallest absolute Gasteiger partial charge is 0.410 e. The van der Waals surface area contributed by atoms with Gasteiger partial charge in [-0.1, -0.05) is 0 Å². The van der Waals surface area contributed by atoms with E-state index in [2.05, 4.69) is 5.32 Å². The van der Waals surface area contributed by atoms with Gasteiger partial charge in [0.2, 0.25) is 0 Å². The summed E-state index contributed by atoms with van der Waals surface area (Å²) in [5.41, 5.74) is 2.43. The zero-order valence-electron chi connectivity index (χ0n) is 15.9. The Morgan fingerprint density at radius 3 is 2.44 bits per heavy atom. The van der Waals surface area contributed by atoms with Crippen molar-refractivity contribution < 1.29 is 19.4 Å². The summed E-state index contributed by atoms with van der Waals surface area (Å²) < 4.78 is 10.6. The SMILES string of the molecule is COCC(C)Nc1cc2c(cc1O)CCN(C(=O)OC(C)(C)C)CC2. The fraction of sp³-hybridized carbons (Fsp3) is 0.632. The molecule has 1 aliphatic rings. The molecule has 140 valence electrons. The summed E-state index contributed by atoms with van der Waals surface area (Å²) in [5.74, 6) is 0.229. The second-order valence-corrected chi connectivity index (χ2v) is 7.61. The molecule has 6 nitrogen and oxygen atoms in total. The van der Waals surface area contributed by atoms with Crippen molar-refractivity contribution in [2.24, 2.45) is 0 Å². The van der Waals surface area contributed by atoms with Gasteiger partial charge in [0.25, 0.3) is 0 Å². The van der Waals surface area contributed by atoms with Crippen LogP contribution in [-0.2, 0) is 22.3 Å². The standard InChI is InChI=1S/C19H30N2O4/c1-13(12-24-5)20-16-10-14-6-8-21(18(23)25-19(2,3)4)9-7-15(14)11-17(16)22/h10-11,13,20,22H,6-9,12H2,1-5H3. The number of benzene rings is 1. The molecular weight excluding hydrogens is 320 g/mol. The third-order valence-electron chi connectivity index (χ3n) is 4.09. The van der Waals surface area contributed by atoms with Gasteiger partial charge in [-0.15, -0.1) is 0 Å². The molecule has 1 amide bonds. The molecule has 2 rings (SSSR count). The van der Waals surface area contributed by atoms with Crippen LogP contribution in [0.25, 0.3) is 0 Å². The van der Waals surface area contributed by atoms with Crippen LogP contribution in [0.2, 0.25) is 0 Å². The summed E-state index contributed by atoms with van der Waals surface area (Å²) in [5, 5.41) is 13.6. The number of fused-ring (bicyclic) bond motifs is 1. The normalized spacial score (nSPS) is 16.0. The average Bonchev–Trinajstić information content (AvgIpc) is 2.68. The number of methoxy groups -OCH3 is 1. The lowest BCUT2D eigenvalue weighted by Crippen LogP contribution is -2.38. The van der Waals surface area contributed by atoms with Crippen molar-refractivity contribution in [1.82, 2.24) is 4.90 Å². The Balaban J connectivity index is 2.09. The first-order chi connectivity index (χ1) is 11.7. The predicted molar refractivity (Wildman–Crippen MR) is 98.3 cm³/mol. The van der Waals surface area contributed by atoms with Crippen LogP contribution in [-0.4, -0.2) is 54.5 Å². The monoisotopic (exact) mass is 350 g/mol. The molecular formula is C19H30N2O4. The van der Waals surface area contributed by atoms with Gasteiger partial charge in [0, 0.05) is 26.2 Å². The predicted octanol–water partition coefficient (Wildman–Crippen LogP) is 3.17. The van der Waals surface area contributed by atoms with Gasteiger partial charge in [0.15, 0.2) is 0 Å². The Morgan fingerprint density at radius 2 is 1.88 bits per heavy atom. The molecule has 0 saturated carbocycles. The molecule has 0 aromatic heterocycles. The fourth-order valence-electron chi connectivity index (χ4n) is 2.95. The van der Waals surface area contributed by atoms with E-state index in [0.29, 0.717) is 31.8 Å². The minimum Gasteiger partial charge on any atom is -0.506 e. The average molecular weight is 350 g/mol. The number of anilines is 1. The van der Waals surface area contributed by atoms with E-state index < -0.39 is 5.60 Å². The number of rotatable bonds is 4. The first-order valence-electron chi connectivity index (χ1n) is 8.78. The first kappa shape index (κ1) is 19.4. The number of carbonyl (C=O) groups excluding carboxylic acids is 1. The molecule has 1 aromatic rings. The largest absolute Gasteiger partial charge is 0.506 e. The molecule has 25 heavy (non-hydrogen) atoms. The highest BCUT2D eigenvalue weighted by Crippen LogP contribution is 2.30. The Bertz CT molecular complexity index is 610. The molecule has 0 radical (unpaired) electrons. The topological polar surface area (TPSA) is 71.0 Å². The highest BCUT2D eigenvalue weighted by Gasteiger charge is 2.24. The van der Waals surface area contributed by atoms with Crippen LogP contribution in [0, 0.1) is 0 Å². The van der Waals surface area contributed by atoms with Gasteiger partial charge in [0.1, 0.15) is 11.4 Å². The van der Waals surface area contributed by atoms with E-state index in [-0.39, 0.29) is 17.9 Å². The van der Waals surface area contributed by atoms with Crippen molar-refractivity contribution in [2.75, 3.05) is 32.1 Å². The molecule has 0 fully saturated rings. The van der Waals surface area contributed by atoms with Crippen LogP contribution in [0.4, 0.5) is 10.5 Å². The van der Waals surface area contributed by atoms with Crippen molar-refractivity contribution in [2.45, 2.75) is 52.2 Å². The number of aromatic hydroxyl groups is 1. The number of hydrogen-bond donors (Lipinski definition) is 2. The van der Waals surface area contributed by atoms with Gasteiger partial charge in [0.05, 0.1) is 12.3 Å². The van der Waals surface area contributed by atoms with Crippen LogP contribution < -0.4 is 5.32 Å². The van der Waals surface area contributed by atoms with Gasteiger partial charge >= 0.3 is 6.09 Å². The summed E-state index contributed by atoms with van der Waals surface area (Å²) in [6, 6.07) is 3.88. The van der Waals surface area contributed by atoms with Gasteiger partial charge in [-0.25, -0.2) is 4.79 Å². The zero-order chi connectivity index (χ0) is 18.6. The molecule has 1 atom stereocenters. The number of amides is 1. The van der Waals surface area contributed by atoms with E-state index in [1.54, 1.807) is 18.1 Å². The van der Waals surface area contributed by atoms with E-state index in [1.807, 2.05) is 33.8 Å². The number of phenols is 1. The van der Waals surface area contributed by atoms with Crippen LogP contribution in [0.1, 0.15) is 38.8 Å². The Morgan fingerprint density at radius 1 is 1.28 bits per heavy atom. The van der Waals surface area contributed by atoms with Gasteiger partial charge < -0.3 is 24.8 Å². The Labute approximate surface area is 150 Å². The lowest BCUT2D eigenvalue weighted by molar-refractivity contribution is 0.0258. The minimum absolute atomic E-state index is 0.0954. The first-order valence-corrected chi connectivity index (χ1v) is 8.78. The van der Waals surface area contributed by atoms with E-state index in [4.69, 9.17) is 9.47 Å². The molecule has 6 heteroatoms. The van der Waals surface area contributed by atoms with Crippen molar-refractivity contribution in [1.29, 1.82) is 0 Å². The van der Waals surface area contributed by atoms with E-state index in [1.165, 1.54) is 0 Å². The number of phenolic OH excluding ortho intramolecular Hbond substituents is 1. The number of nitrogens with one attached hydrogen (secondary N) is 1. The maximum Gasteiger partial charge on any atom is 0.410 e. The lowest BCUT2D eigenvalue weighted by atomic mass is 10.0. The summed E-state index contributed by atoms with van der Waals surface area (Å²) >= 11 is 0. The zero-order valence-corrected chi connectivity index (χ0v) is 15.9. The van der Waals surface area contributed by atoms with Crippen molar-refractivity contribution in [3.05, 3.63) is 23.3 Å². The summed E-state index contributed by atoms with van der Waals surface area (Å²) in [6.45, 7) is 9.37. The Kier molecular flexibility index (Phi) is 6.16. The number of hydrogen-bond acceptors (Lipinski definition) is 5. The molecule has 1 aromatic carbocycles. The molecule has 0 saturated heterocycles. The summed E-state index contributed by atoms with van der Waals surface area (Å²) in [4.78, 5) is 14.0.